The summed E-state index contributed by atoms with van der Waals surface area (Å²) in [6, 6.07) is 8.46. The molecule has 20 heavy (non-hydrogen) atoms. The Hall–Kier alpha value is -2.24. The highest BCUT2D eigenvalue weighted by Crippen LogP contribution is 2.32. The van der Waals surface area contributed by atoms with Gasteiger partial charge in [-0.25, -0.2) is 4.39 Å². The Morgan fingerprint density at radius 2 is 1.75 bits per heavy atom. The molecule has 0 fully saturated rings. The molecule has 0 aromatic heterocycles. The van der Waals surface area contributed by atoms with Gasteiger partial charge in [0.05, 0.1) is 11.3 Å². The molecule has 0 aliphatic rings. The first-order chi connectivity index (χ1) is 9.38. The largest absolute Gasteiger partial charge is 0.508 e. The van der Waals surface area contributed by atoms with Crippen LogP contribution in [0.2, 0.25) is 0 Å². The van der Waals surface area contributed by atoms with Crippen molar-refractivity contribution in [2.24, 2.45) is 0 Å². The van der Waals surface area contributed by atoms with Crippen LogP contribution < -0.4 is 5.32 Å². The summed E-state index contributed by atoms with van der Waals surface area (Å²) in [5.41, 5.74) is -0.730. The van der Waals surface area contributed by atoms with Gasteiger partial charge in [-0.05, 0) is 24.3 Å². The fraction of sp³-hybridized carbons (Fsp3) is 0.143. The predicted molar refractivity (Wildman–Crippen MR) is 66.8 cm³/mol. The lowest BCUT2D eigenvalue weighted by Gasteiger charge is -2.12. The van der Waals surface area contributed by atoms with Crippen LogP contribution >= 0.6 is 0 Å². The van der Waals surface area contributed by atoms with Crippen molar-refractivity contribution in [2.75, 3.05) is 5.32 Å². The minimum Gasteiger partial charge on any atom is -0.508 e. The molecule has 0 aliphatic carbocycles. The maximum Gasteiger partial charge on any atom is 0.416 e. The minimum absolute atomic E-state index is 0.00705. The van der Waals surface area contributed by atoms with Gasteiger partial charge in [-0.2, -0.15) is 13.2 Å². The number of alkyl halides is 3. The van der Waals surface area contributed by atoms with Crippen molar-refractivity contribution in [3.63, 3.8) is 0 Å². The van der Waals surface area contributed by atoms with E-state index in [4.69, 9.17) is 0 Å². The Morgan fingerprint density at radius 1 is 1.05 bits per heavy atom. The predicted octanol–water partition coefficient (Wildman–Crippen LogP) is 4.16. The molecule has 0 bridgehead atoms. The van der Waals surface area contributed by atoms with Gasteiger partial charge in [0, 0.05) is 12.1 Å². The van der Waals surface area contributed by atoms with Crippen LogP contribution in [0.15, 0.2) is 42.5 Å². The molecule has 2 N–H and O–H groups in total. The Labute approximate surface area is 112 Å². The third-order valence-electron chi connectivity index (χ3n) is 2.75. The van der Waals surface area contributed by atoms with E-state index in [-0.39, 0.29) is 18.0 Å². The topological polar surface area (TPSA) is 32.3 Å². The second-order valence-corrected chi connectivity index (χ2v) is 4.17. The summed E-state index contributed by atoms with van der Waals surface area (Å²) in [7, 11) is 0. The van der Waals surface area contributed by atoms with E-state index in [1.165, 1.54) is 6.07 Å². The first-order valence-electron chi connectivity index (χ1n) is 5.75. The van der Waals surface area contributed by atoms with Crippen LogP contribution in [0.5, 0.6) is 5.75 Å². The molecule has 2 rings (SSSR count). The SMILES string of the molecule is Oc1ccccc1CNc1cc(C(F)(F)F)ccc1F. The summed E-state index contributed by atoms with van der Waals surface area (Å²) in [5.74, 6) is -0.791. The highest BCUT2D eigenvalue weighted by molar-refractivity contribution is 5.49. The molecule has 2 aromatic carbocycles. The van der Waals surface area contributed by atoms with Crippen molar-refractivity contribution in [1.82, 2.24) is 0 Å². The monoisotopic (exact) mass is 285 g/mol. The summed E-state index contributed by atoms with van der Waals surface area (Å²) >= 11 is 0. The Bertz CT molecular complexity index is 610. The first kappa shape index (κ1) is 14.2. The van der Waals surface area contributed by atoms with Crippen LogP contribution in [-0.2, 0) is 12.7 Å². The maximum atomic E-state index is 13.5. The lowest BCUT2D eigenvalue weighted by Crippen LogP contribution is -2.08. The Kier molecular flexibility index (Phi) is 3.83. The highest BCUT2D eigenvalue weighted by Gasteiger charge is 2.31. The van der Waals surface area contributed by atoms with E-state index in [1.54, 1.807) is 18.2 Å². The van der Waals surface area contributed by atoms with Gasteiger partial charge in [0.1, 0.15) is 11.6 Å². The van der Waals surface area contributed by atoms with Gasteiger partial charge in [0.25, 0.3) is 0 Å². The molecule has 0 aliphatic heterocycles. The Balaban J connectivity index is 2.19. The maximum absolute atomic E-state index is 13.5. The number of hydrogen-bond donors (Lipinski definition) is 2. The van der Waals surface area contributed by atoms with Crippen molar-refractivity contribution in [3.05, 3.63) is 59.4 Å². The standard InChI is InChI=1S/C14H11F4NO/c15-11-6-5-10(14(16,17)18)7-12(11)19-8-9-3-1-2-4-13(9)20/h1-7,19-20H,8H2. The highest BCUT2D eigenvalue weighted by atomic mass is 19.4. The molecule has 6 heteroatoms. The van der Waals surface area contributed by atoms with E-state index in [1.807, 2.05) is 0 Å². The van der Waals surface area contributed by atoms with Crippen LogP contribution in [0.4, 0.5) is 23.2 Å². The van der Waals surface area contributed by atoms with Crippen molar-refractivity contribution >= 4 is 5.69 Å². The summed E-state index contributed by atoms with van der Waals surface area (Å²) in [6.45, 7) is 0.0188. The van der Waals surface area contributed by atoms with E-state index in [2.05, 4.69) is 5.32 Å². The summed E-state index contributed by atoms with van der Waals surface area (Å²) in [5, 5.41) is 12.1. The molecule has 0 saturated carbocycles. The quantitative estimate of drug-likeness (QED) is 0.830. The molecular weight excluding hydrogens is 274 g/mol. The third-order valence-corrected chi connectivity index (χ3v) is 2.75. The normalized spacial score (nSPS) is 11.4. The van der Waals surface area contributed by atoms with Crippen molar-refractivity contribution in [3.8, 4) is 5.75 Å². The molecule has 0 saturated heterocycles. The van der Waals surface area contributed by atoms with Crippen molar-refractivity contribution in [2.45, 2.75) is 12.7 Å². The number of hydrogen-bond acceptors (Lipinski definition) is 2. The number of halogens is 4. The van der Waals surface area contributed by atoms with E-state index in [0.29, 0.717) is 17.7 Å². The molecule has 106 valence electrons. The lowest BCUT2D eigenvalue weighted by atomic mass is 10.1. The number of phenols is 1. The number of rotatable bonds is 3. The number of benzene rings is 2. The van der Waals surface area contributed by atoms with Crippen molar-refractivity contribution < 1.29 is 22.7 Å². The average Bonchev–Trinajstić information content (AvgIpc) is 2.38. The van der Waals surface area contributed by atoms with E-state index < -0.39 is 17.6 Å². The van der Waals surface area contributed by atoms with Gasteiger partial charge >= 0.3 is 6.18 Å². The fourth-order valence-corrected chi connectivity index (χ4v) is 1.69. The van der Waals surface area contributed by atoms with Gasteiger partial charge in [-0.15, -0.1) is 0 Å². The smallest absolute Gasteiger partial charge is 0.416 e. The van der Waals surface area contributed by atoms with Crippen LogP contribution in [0, 0.1) is 5.82 Å². The van der Waals surface area contributed by atoms with Gasteiger partial charge in [-0.1, -0.05) is 18.2 Å². The number of nitrogens with one attached hydrogen (secondary N) is 1. The second kappa shape index (κ2) is 5.40. The molecule has 0 atom stereocenters. The number of para-hydroxylation sites is 1. The summed E-state index contributed by atoms with van der Waals surface area (Å²) in [6.07, 6.45) is -4.53. The van der Waals surface area contributed by atoms with Gasteiger partial charge in [-0.3, -0.25) is 0 Å². The van der Waals surface area contributed by atoms with Gasteiger partial charge in [0.15, 0.2) is 0 Å². The van der Waals surface area contributed by atoms with Crippen LogP contribution in [0.25, 0.3) is 0 Å². The summed E-state index contributed by atoms with van der Waals surface area (Å²) < 4.78 is 51.1. The number of phenolic OH excluding ortho intramolecular Hbond substituents is 1. The third kappa shape index (κ3) is 3.20. The van der Waals surface area contributed by atoms with Gasteiger partial charge in [0.2, 0.25) is 0 Å². The second-order valence-electron chi connectivity index (χ2n) is 4.17. The number of anilines is 1. The zero-order chi connectivity index (χ0) is 14.8. The molecule has 0 amide bonds. The van der Waals surface area contributed by atoms with E-state index in [0.717, 1.165) is 6.07 Å². The first-order valence-corrected chi connectivity index (χ1v) is 5.75. The zero-order valence-corrected chi connectivity index (χ0v) is 10.2. The molecule has 0 spiro atoms. The van der Waals surface area contributed by atoms with Crippen LogP contribution in [0.1, 0.15) is 11.1 Å². The van der Waals surface area contributed by atoms with E-state index in [9.17, 15) is 22.7 Å². The van der Waals surface area contributed by atoms with Crippen molar-refractivity contribution in [1.29, 1.82) is 0 Å². The van der Waals surface area contributed by atoms with Crippen LogP contribution in [-0.4, -0.2) is 5.11 Å². The summed E-state index contributed by atoms with van der Waals surface area (Å²) in [4.78, 5) is 0. The van der Waals surface area contributed by atoms with E-state index >= 15 is 0 Å². The van der Waals surface area contributed by atoms with Gasteiger partial charge < -0.3 is 10.4 Å². The molecule has 2 nitrogen and oxygen atoms in total. The molecule has 2 aromatic rings. The lowest BCUT2D eigenvalue weighted by molar-refractivity contribution is -0.137. The minimum atomic E-state index is -4.53. The Morgan fingerprint density at radius 3 is 2.40 bits per heavy atom. The van der Waals surface area contributed by atoms with Crippen LogP contribution in [0.3, 0.4) is 0 Å². The zero-order valence-electron chi connectivity index (χ0n) is 10.2. The molecule has 0 radical (unpaired) electrons. The molecular formula is C14H11F4NO. The molecule has 0 heterocycles. The average molecular weight is 285 g/mol. The molecule has 0 unspecified atom stereocenters. The number of aromatic hydroxyl groups is 1. The fourth-order valence-electron chi connectivity index (χ4n) is 1.69.